The van der Waals surface area contributed by atoms with Crippen LogP contribution in [0.5, 0.6) is 0 Å². The summed E-state index contributed by atoms with van der Waals surface area (Å²) in [6.07, 6.45) is 2.54. The molecule has 1 saturated carbocycles. The van der Waals surface area contributed by atoms with Crippen molar-refractivity contribution in [3.8, 4) is 0 Å². The van der Waals surface area contributed by atoms with Gasteiger partial charge in [-0.2, -0.15) is 0 Å². The van der Waals surface area contributed by atoms with Crippen LogP contribution in [0, 0.1) is 0 Å². The van der Waals surface area contributed by atoms with Crippen LogP contribution in [0.1, 0.15) is 19.3 Å². The Kier molecular flexibility index (Phi) is 4.60. The smallest absolute Gasteiger partial charge is 0.326 e. The number of nitrogens with one attached hydrogen (secondary N) is 1. The van der Waals surface area contributed by atoms with E-state index in [1.807, 2.05) is 0 Å². The Hall–Kier alpha value is -1.34. The van der Waals surface area contributed by atoms with Gasteiger partial charge in [0.2, 0.25) is 0 Å². The molecule has 1 heterocycles. The van der Waals surface area contributed by atoms with Crippen molar-refractivity contribution in [3.05, 3.63) is 0 Å². The van der Waals surface area contributed by atoms with Gasteiger partial charge in [-0.3, -0.25) is 4.90 Å². The molecule has 0 aromatic carbocycles. The largest absolute Gasteiger partial charge is 0.480 e. The predicted octanol–water partition coefficient (Wildman–Crippen LogP) is -0.688. The van der Waals surface area contributed by atoms with Crippen LogP contribution < -0.4 is 5.32 Å². The van der Waals surface area contributed by atoms with E-state index >= 15 is 0 Å². The molecule has 19 heavy (non-hydrogen) atoms. The molecule has 2 rings (SSSR count). The number of hydrogen-bond donors (Lipinski definition) is 3. The number of aliphatic carboxylic acids is 1. The van der Waals surface area contributed by atoms with Crippen LogP contribution in [0.2, 0.25) is 0 Å². The number of urea groups is 1. The van der Waals surface area contributed by atoms with E-state index in [1.54, 1.807) is 4.90 Å². The molecule has 1 aliphatic heterocycles. The van der Waals surface area contributed by atoms with Crippen molar-refractivity contribution in [1.82, 2.24) is 15.1 Å². The second kappa shape index (κ2) is 6.21. The number of piperazine rings is 1. The number of carboxylic acid groups (broad SMARTS) is 1. The topological polar surface area (TPSA) is 93.1 Å². The van der Waals surface area contributed by atoms with E-state index in [2.05, 4.69) is 10.2 Å². The Bertz CT molecular complexity index is 338. The highest BCUT2D eigenvalue weighted by atomic mass is 16.4. The number of carbonyl (C=O) groups excluding carboxylic acids is 1. The first kappa shape index (κ1) is 14.1. The molecule has 0 spiro atoms. The Labute approximate surface area is 112 Å². The molecule has 1 saturated heterocycles. The minimum absolute atomic E-state index is 0.0309. The third-order valence-electron chi connectivity index (χ3n) is 3.68. The van der Waals surface area contributed by atoms with Gasteiger partial charge in [0, 0.05) is 45.2 Å². The summed E-state index contributed by atoms with van der Waals surface area (Å²) in [5.74, 6) is -1.11. The molecule has 1 aliphatic carbocycles. The van der Waals surface area contributed by atoms with Crippen LogP contribution in [0.25, 0.3) is 0 Å². The first-order valence-corrected chi connectivity index (χ1v) is 6.75. The molecule has 2 aliphatic rings. The first-order chi connectivity index (χ1) is 9.11. The van der Waals surface area contributed by atoms with E-state index < -0.39 is 12.0 Å². The molecule has 108 valence electrons. The van der Waals surface area contributed by atoms with Crippen LogP contribution in [0.15, 0.2) is 0 Å². The number of aliphatic hydroxyl groups is 1. The van der Waals surface area contributed by atoms with E-state index in [1.165, 1.54) is 12.8 Å². The molecule has 0 aromatic rings. The van der Waals surface area contributed by atoms with E-state index in [0.29, 0.717) is 19.1 Å². The van der Waals surface area contributed by atoms with Gasteiger partial charge in [-0.15, -0.1) is 0 Å². The highest BCUT2D eigenvalue weighted by molar-refractivity contribution is 5.82. The van der Waals surface area contributed by atoms with E-state index in [0.717, 1.165) is 13.1 Å². The van der Waals surface area contributed by atoms with Gasteiger partial charge in [0.25, 0.3) is 0 Å². The summed E-state index contributed by atoms with van der Waals surface area (Å²) in [6.45, 7) is 2.72. The molecule has 7 heteroatoms. The van der Waals surface area contributed by atoms with Crippen molar-refractivity contribution in [3.63, 3.8) is 0 Å². The fraction of sp³-hybridized carbons (Fsp3) is 0.833. The molecular weight excluding hydrogens is 250 g/mol. The molecule has 3 N–H and O–H groups in total. The number of nitrogens with zero attached hydrogens (tertiary/aromatic N) is 2. The minimum Gasteiger partial charge on any atom is -0.480 e. The second-order valence-corrected chi connectivity index (χ2v) is 5.11. The molecule has 0 bridgehead atoms. The SMILES string of the molecule is O=C(O)C(CCO)NC(=O)N1CCN(C2CC2)CC1. The molecule has 7 nitrogen and oxygen atoms in total. The highest BCUT2D eigenvalue weighted by Gasteiger charge is 2.32. The van der Waals surface area contributed by atoms with Gasteiger partial charge < -0.3 is 20.4 Å². The number of aliphatic hydroxyl groups excluding tert-OH is 1. The van der Waals surface area contributed by atoms with E-state index in [4.69, 9.17) is 10.2 Å². The van der Waals surface area contributed by atoms with Crippen molar-refractivity contribution < 1.29 is 19.8 Å². The summed E-state index contributed by atoms with van der Waals surface area (Å²) in [4.78, 5) is 26.9. The normalized spacial score (nSPS) is 22.1. The average Bonchev–Trinajstić information content (AvgIpc) is 3.22. The number of rotatable bonds is 5. The van der Waals surface area contributed by atoms with Gasteiger partial charge in [-0.1, -0.05) is 0 Å². The van der Waals surface area contributed by atoms with Gasteiger partial charge in [-0.25, -0.2) is 9.59 Å². The summed E-state index contributed by atoms with van der Waals surface area (Å²) >= 11 is 0. The van der Waals surface area contributed by atoms with Crippen LogP contribution in [0.3, 0.4) is 0 Å². The first-order valence-electron chi connectivity index (χ1n) is 6.75. The van der Waals surface area contributed by atoms with Gasteiger partial charge in [0.1, 0.15) is 6.04 Å². The molecule has 2 amide bonds. The fourth-order valence-corrected chi connectivity index (χ4v) is 2.36. The molecule has 0 aromatic heterocycles. The lowest BCUT2D eigenvalue weighted by Crippen LogP contribution is -2.55. The van der Waals surface area contributed by atoms with Gasteiger partial charge in [0.15, 0.2) is 0 Å². The third-order valence-corrected chi connectivity index (χ3v) is 3.68. The average molecular weight is 271 g/mol. The van der Waals surface area contributed by atoms with Crippen LogP contribution in [0.4, 0.5) is 4.79 Å². The predicted molar refractivity (Wildman–Crippen MR) is 67.8 cm³/mol. The number of hydrogen-bond acceptors (Lipinski definition) is 4. The molecule has 1 atom stereocenters. The van der Waals surface area contributed by atoms with Crippen molar-refractivity contribution in [1.29, 1.82) is 0 Å². The minimum atomic E-state index is -1.11. The third kappa shape index (κ3) is 3.81. The van der Waals surface area contributed by atoms with Crippen LogP contribution in [-0.2, 0) is 4.79 Å². The Morgan fingerprint density at radius 3 is 2.32 bits per heavy atom. The summed E-state index contributed by atoms with van der Waals surface area (Å²) in [5, 5.41) is 20.2. The zero-order chi connectivity index (χ0) is 13.8. The van der Waals surface area contributed by atoms with Gasteiger partial charge >= 0.3 is 12.0 Å². The van der Waals surface area contributed by atoms with Crippen LogP contribution in [-0.4, -0.2) is 76.9 Å². The quantitative estimate of drug-likeness (QED) is 0.615. The van der Waals surface area contributed by atoms with E-state index in [-0.39, 0.29) is 19.1 Å². The maximum Gasteiger partial charge on any atom is 0.326 e. The molecule has 2 fully saturated rings. The maximum atomic E-state index is 11.9. The van der Waals surface area contributed by atoms with Crippen molar-refractivity contribution in [2.75, 3.05) is 32.8 Å². The second-order valence-electron chi connectivity index (χ2n) is 5.11. The van der Waals surface area contributed by atoms with Crippen LogP contribution >= 0.6 is 0 Å². The molecule has 1 unspecified atom stereocenters. The number of amides is 2. The lowest BCUT2D eigenvalue weighted by molar-refractivity contribution is -0.139. The maximum absolute atomic E-state index is 11.9. The lowest BCUT2D eigenvalue weighted by Gasteiger charge is -2.35. The zero-order valence-corrected chi connectivity index (χ0v) is 10.9. The monoisotopic (exact) mass is 271 g/mol. The van der Waals surface area contributed by atoms with E-state index in [9.17, 15) is 9.59 Å². The van der Waals surface area contributed by atoms with Crippen molar-refractivity contribution in [2.45, 2.75) is 31.3 Å². The Morgan fingerprint density at radius 1 is 1.21 bits per heavy atom. The Balaban J connectivity index is 1.77. The number of carboxylic acids is 1. The summed E-state index contributed by atoms with van der Waals surface area (Å²) < 4.78 is 0. The zero-order valence-electron chi connectivity index (χ0n) is 10.9. The fourth-order valence-electron chi connectivity index (χ4n) is 2.36. The van der Waals surface area contributed by atoms with Crippen molar-refractivity contribution >= 4 is 12.0 Å². The lowest BCUT2D eigenvalue weighted by atomic mass is 10.2. The number of carbonyl (C=O) groups is 2. The molecular formula is C12H21N3O4. The Morgan fingerprint density at radius 2 is 1.84 bits per heavy atom. The standard InChI is InChI=1S/C12H21N3O4/c16-8-3-10(11(17)18)13-12(19)15-6-4-14(5-7-15)9-1-2-9/h9-10,16H,1-8H2,(H,13,19)(H,17,18). The summed E-state index contributed by atoms with van der Waals surface area (Å²) in [7, 11) is 0. The summed E-state index contributed by atoms with van der Waals surface area (Å²) in [6, 6.07) is -0.665. The van der Waals surface area contributed by atoms with Gasteiger partial charge in [-0.05, 0) is 12.8 Å². The summed E-state index contributed by atoms with van der Waals surface area (Å²) in [5.41, 5.74) is 0. The van der Waals surface area contributed by atoms with Gasteiger partial charge in [0.05, 0.1) is 0 Å². The highest BCUT2D eigenvalue weighted by Crippen LogP contribution is 2.27. The van der Waals surface area contributed by atoms with Crippen molar-refractivity contribution in [2.24, 2.45) is 0 Å². The molecule has 0 radical (unpaired) electrons.